The number of hydroxylamine groups is 2. The number of piperazine rings is 1. The quantitative estimate of drug-likeness (QED) is 0.706. The van der Waals surface area contributed by atoms with E-state index < -0.39 is 15.4 Å². The van der Waals surface area contributed by atoms with Crippen LogP contribution in [0.3, 0.4) is 0 Å². The predicted octanol–water partition coefficient (Wildman–Crippen LogP) is 2.06. The lowest BCUT2D eigenvalue weighted by Crippen LogP contribution is -2.47. The predicted molar refractivity (Wildman–Crippen MR) is 121 cm³/mol. The maximum Gasteiger partial charge on any atom is 0.330 e. The van der Waals surface area contributed by atoms with Gasteiger partial charge in [0.25, 0.3) is 0 Å². The van der Waals surface area contributed by atoms with E-state index in [1.54, 1.807) is 12.1 Å². The van der Waals surface area contributed by atoms with Crippen molar-refractivity contribution < 1.29 is 18.0 Å². The van der Waals surface area contributed by atoms with E-state index in [1.165, 1.54) is 6.42 Å². The molecule has 0 atom stereocenters. The summed E-state index contributed by atoms with van der Waals surface area (Å²) in [5.74, 6) is 0.511. The van der Waals surface area contributed by atoms with Gasteiger partial charge in [0.05, 0.1) is 10.3 Å². The average Bonchev–Trinajstić information content (AvgIpc) is 2.72. The Labute approximate surface area is 186 Å². The fourth-order valence-electron chi connectivity index (χ4n) is 3.98. The molecule has 3 rings (SSSR count). The molecule has 0 radical (unpaired) electrons. The number of nitrogens with two attached hydrogens (primary N) is 1. The van der Waals surface area contributed by atoms with Gasteiger partial charge in [0.15, 0.2) is 0 Å². The van der Waals surface area contributed by atoms with Crippen LogP contribution in [-0.4, -0.2) is 70.2 Å². The molecule has 0 amide bonds. The third-order valence-electron chi connectivity index (χ3n) is 6.15. The molecule has 0 aliphatic carbocycles. The van der Waals surface area contributed by atoms with Crippen LogP contribution in [0.2, 0.25) is 0 Å². The third kappa shape index (κ3) is 6.90. The smallest absolute Gasteiger partial charge is 0.330 e. The minimum Gasteiger partial charge on any atom is -0.369 e. The number of primary sulfonamides is 1. The van der Waals surface area contributed by atoms with Gasteiger partial charge < -0.3 is 9.74 Å². The zero-order valence-electron chi connectivity index (χ0n) is 18.9. The molecule has 2 aliphatic rings. The molecule has 0 unspecified atom stereocenters. The monoisotopic (exact) mass is 452 g/mol. The first kappa shape index (κ1) is 24.0. The second-order valence-corrected chi connectivity index (χ2v) is 11.2. The van der Waals surface area contributed by atoms with Gasteiger partial charge in [0.2, 0.25) is 10.0 Å². The summed E-state index contributed by atoms with van der Waals surface area (Å²) < 4.78 is 22.8. The molecule has 2 N–H and O–H groups in total. The molecule has 0 aromatic heterocycles. The Morgan fingerprint density at radius 3 is 2.13 bits per heavy atom. The summed E-state index contributed by atoms with van der Waals surface area (Å²) in [6, 6.07) is 6.80. The number of hydrogen-bond donors (Lipinski definition) is 1. The van der Waals surface area contributed by atoms with Gasteiger partial charge in [-0.15, -0.1) is 5.06 Å². The summed E-state index contributed by atoms with van der Waals surface area (Å²) in [6.45, 7) is 12.2. The fourth-order valence-corrected chi connectivity index (χ4v) is 4.50. The Balaban J connectivity index is 1.36. The van der Waals surface area contributed by atoms with Crippen LogP contribution in [0.5, 0.6) is 0 Å². The molecular weight excluding hydrogens is 416 g/mol. The van der Waals surface area contributed by atoms with Crippen LogP contribution in [0.15, 0.2) is 29.2 Å². The Bertz CT molecular complexity index is 835. The average molecular weight is 453 g/mol. The number of carbonyl (C=O) groups is 1. The van der Waals surface area contributed by atoms with Crippen molar-refractivity contribution in [2.45, 2.75) is 44.9 Å². The van der Waals surface area contributed by atoms with Crippen LogP contribution in [0, 0.1) is 11.3 Å². The number of nitrogens with zero attached hydrogens (tertiary/aromatic N) is 3. The lowest BCUT2D eigenvalue weighted by atomic mass is 9.94. The van der Waals surface area contributed by atoms with Crippen LogP contribution in [0.25, 0.3) is 0 Å². The van der Waals surface area contributed by atoms with Gasteiger partial charge in [-0.2, -0.15) is 0 Å². The first-order valence-corrected chi connectivity index (χ1v) is 12.6. The lowest BCUT2D eigenvalue weighted by molar-refractivity contribution is -0.206. The molecule has 174 valence electrons. The van der Waals surface area contributed by atoms with Gasteiger partial charge in [0.1, 0.15) is 0 Å². The summed E-state index contributed by atoms with van der Waals surface area (Å²) in [6.07, 6.45) is 3.30. The number of benzene rings is 1. The van der Waals surface area contributed by atoms with Crippen LogP contribution in [-0.2, 0) is 19.7 Å². The van der Waals surface area contributed by atoms with Gasteiger partial charge >= 0.3 is 5.97 Å². The largest absolute Gasteiger partial charge is 0.369 e. The minimum atomic E-state index is -3.65. The molecule has 0 spiro atoms. The van der Waals surface area contributed by atoms with Gasteiger partial charge in [-0.25, -0.2) is 18.4 Å². The van der Waals surface area contributed by atoms with Crippen LogP contribution < -0.4 is 10.0 Å². The summed E-state index contributed by atoms with van der Waals surface area (Å²) in [5.41, 5.74) is 0.563. The molecule has 2 saturated heterocycles. The highest BCUT2D eigenvalue weighted by Crippen LogP contribution is 2.24. The molecule has 2 aliphatic heterocycles. The van der Waals surface area contributed by atoms with Gasteiger partial charge in [0, 0.05) is 45.0 Å². The number of carbonyl (C=O) groups excluding carboxylic acids is 1. The van der Waals surface area contributed by atoms with Crippen molar-refractivity contribution in [1.82, 2.24) is 9.96 Å². The standard InChI is InChI=1S/C22H36N4O4S/c1-22(2,3)21(27)30-26-12-9-18(10-13-26)8-11-24-14-16-25(17-15-24)19-4-6-20(7-5-19)31(23,28)29/h4-7,18H,8-17H2,1-3H3,(H2,23,28,29). The molecule has 1 aromatic rings. The SMILES string of the molecule is CC(C)(C)C(=O)ON1CCC(CCN2CCN(c3ccc(S(N)(=O)=O)cc3)CC2)CC1. The van der Waals surface area contributed by atoms with Crippen LogP contribution in [0.1, 0.15) is 40.0 Å². The van der Waals surface area contributed by atoms with E-state index in [0.717, 1.165) is 64.3 Å². The van der Waals surface area contributed by atoms with E-state index >= 15 is 0 Å². The maximum absolute atomic E-state index is 12.0. The van der Waals surface area contributed by atoms with Crippen molar-refractivity contribution in [1.29, 1.82) is 0 Å². The topological polar surface area (TPSA) is 96.2 Å². The number of rotatable bonds is 6. The van der Waals surface area contributed by atoms with Crippen LogP contribution >= 0.6 is 0 Å². The molecule has 8 nitrogen and oxygen atoms in total. The number of anilines is 1. The fraction of sp³-hybridized carbons (Fsp3) is 0.682. The molecule has 2 heterocycles. The second-order valence-electron chi connectivity index (χ2n) is 9.66. The lowest BCUT2D eigenvalue weighted by Gasteiger charge is -2.37. The van der Waals surface area contributed by atoms with Crippen molar-refractivity contribution >= 4 is 21.7 Å². The third-order valence-corrected chi connectivity index (χ3v) is 7.08. The van der Waals surface area contributed by atoms with E-state index in [0.29, 0.717) is 5.92 Å². The highest BCUT2D eigenvalue weighted by molar-refractivity contribution is 7.89. The summed E-state index contributed by atoms with van der Waals surface area (Å²) >= 11 is 0. The van der Waals surface area contributed by atoms with Crippen LogP contribution in [0.4, 0.5) is 5.69 Å². The zero-order chi connectivity index (χ0) is 22.6. The first-order chi connectivity index (χ1) is 14.5. The van der Waals surface area contributed by atoms with Crippen molar-refractivity contribution in [2.75, 3.05) is 50.7 Å². The van der Waals surface area contributed by atoms with Gasteiger partial charge in [-0.3, -0.25) is 4.90 Å². The van der Waals surface area contributed by atoms with Crippen molar-refractivity contribution in [2.24, 2.45) is 16.5 Å². The molecule has 0 saturated carbocycles. The molecule has 0 bridgehead atoms. The maximum atomic E-state index is 12.0. The molecule has 1 aromatic carbocycles. The number of hydrogen-bond acceptors (Lipinski definition) is 7. The summed E-state index contributed by atoms with van der Waals surface area (Å²) in [4.78, 5) is 22.5. The van der Waals surface area contributed by atoms with E-state index in [-0.39, 0.29) is 10.9 Å². The highest BCUT2D eigenvalue weighted by atomic mass is 32.2. The summed E-state index contributed by atoms with van der Waals surface area (Å²) in [7, 11) is -3.65. The Kier molecular flexibility index (Phi) is 7.62. The minimum absolute atomic E-state index is 0.147. The van der Waals surface area contributed by atoms with Gasteiger partial charge in [-0.05, 0) is 76.8 Å². The van der Waals surface area contributed by atoms with E-state index in [2.05, 4.69) is 9.80 Å². The Morgan fingerprint density at radius 2 is 1.61 bits per heavy atom. The molecule has 2 fully saturated rings. The highest BCUT2D eigenvalue weighted by Gasteiger charge is 2.28. The van der Waals surface area contributed by atoms with Crippen molar-refractivity contribution in [3.63, 3.8) is 0 Å². The second kappa shape index (κ2) is 9.85. The normalized spacial score (nSPS) is 20.1. The van der Waals surface area contributed by atoms with E-state index in [1.807, 2.05) is 38.0 Å². The van der Waals surface area contributed by atoms with Gasteiger partial charge in [-0.1, -0.05) is 0 Å². The van der Waals surface area contributed by atoms with E-state index in [9.17, 15) is 13.2 Å². The number of piperidine rings is 1. The Hall–Kier alpha value is -1.68. The zero-order valence-corrected chi connectivity index (χ0v) is 19.7. The van der Waals surface area contributed by atoms with E-state index in [4.69, 9.17) is 9.98 Å². The molecule has 31 heavy (non-hydrogen) atoms. The first-order valence-electron chi connectivity index (χ1n) is 11.1. The van der Waals surface area contributed by atoms with Crippen molar-refractivity contribution in [3.05, 3.63) is 24.3 Å². The number of sulfonamides is 1. The molecular formula is C22H36N4O4S. The molecule has 9 heteroatoms. The Morgan fingerprint density at radius 1 is 1.03 bits per heavy atom. The van der Waals surface area contributed by atoms with Crippen molar-refractivity contribution in [3.8, 4) is 0 Å². The summed E-state index contributed by atoms with van der Waals surface area (Å²) in [5, 5.41) is 6.99.